The molecular weight excluding hydrogens is 357 g/mol. The van der Waals surface area contributed by atoms with Crippen molar-refractivity contribution >= 4 is 17.9 Å². The Balaban J connectivity index is 2.18. The molecule has 0 aliphatic heterocycles. The molecule has 0 saturated heterocycles. The summed E-state index contributed by atoms with van der Waals surface area (Å²) in [5.41, 5.74) is 1.69. The van der Waals surface area contributed by atoms with E-state index in [1.165, 1.54) is 17.0 Å². The van der Waals surface area contributed by atoms with E-state index in [2.05, 4.69) is 10.6 Å². The van der Waals surface area contributed by atoms with Gasteiger partial charge in [0.25, 0.3) is 11.8 Å². The van der Waals surface area contributed by atoms with Crippen LogP contribution in [0.1, 0.15) is 27.9 Å². The first-order valence-corrected chi connectivity index (χ1v) is 9.28. The summed E-state index contributed by atoms with van der Waals surface area (Å²) in [6.45, 7) is 3.30. The van der Waals surface area contributed by atoms with Crippen LogP contribution in [0.25, 0.3) is 6.08 Å². The number of carbonyl (C=O) groups is 2. The van der Waals surface area contributed by atoms with Crippen molar-refractivity contribution in [1.82, 2.24) is 10.6 Å². The number of halogens is 1. The van der Waals surface area contributed by atoms with Gasteiger partial charge >= 0.3 is 0 Å². The van der Waals surface area contributed by atoms with Gasteiger partial charge in [-0.1, -0.05) is 35.9 Å². The van der Waals surface area contributed by atoms with E-state index in [-0.39, 0.29) is 11.3 Å². The maximum Gasteiger partial charge on any atom is 0.267 e. The zero-order valence-electron chi connectivity index (χ0n) is 16.5. The van der Waals surface area contributed by atoms with Gasteiger partial charge in [0.05, 0.1) is 20.6 Å². The fraction of sp³-hybridized carbons (Fsp3) is 0.273. The van der Waals surface area contributed by atoms with Crippen LogP contribution in [0, 0.1) is 12.7 Å². The van der Waals surface area contributed by atoms with Crippen molar-refractivity contribution in [2.75, 3.05) is 27.2 Å². The van der Waals surface area contributed by atoms with E-state index in [1.54, 1.807) is 30.3 Å². The largest absolute Gasteiger partial charge is 0.351 e. The number of amides is 2. The number of quaternary nitrogens is 1. The van der Waals surface area contributed by atoms with Crippen LogP contribution in [0.2, 0.25) is 0 Å². The Morgan fingerprint density at radius 3 is 2.39 bits per heavy atom. The van der Waals surface area contributed by atoms with Gasteiger partial charge in [-0.05, 0) is 31.2 Å². The van der Waals surface area contributed by atoms with Gasteiger partial charge in [-0.15, -0.1) is 0 Å². The minimum atomic E-state index is -0.464. The predicted molar refractivity (Wildman–Crippen MR) is 108 cm³/mol. The average molecular weight is 384 g/mol. The Hall–Kier alpha value is -2.99. The SMILES string of the molecule is Cc1ccc(C(=O)NC(=Cc2ccccc2F)C(=O)NCCC[NH+](C)C)cc1. The first-order valence-electron chi connectivity index (χ1n) is 9.28. The number of rotatable bonds is 8. The van der Waals surface area contributed by atoms with Crippen LogP contribution in [0.4, 0.5) is 4.39 Å². The van der Waals surface area contributed by atoms with Gasteiger partial charge in [-0.3, -0.25) is 9.59 Å². The molecule has 0 heterocycles. The Kier molecular flexibility index (Phi) is 7.89. The van der Waals surface area contributed by atoms with Gasteiger partial charge in [0, 0.05) is 24.1 Å². The molecule has 6 heteroatoms. The summed E-state index contributed by atoms with van der Waals surface area (Å²) in [5.74, 6) is -1.33. The molecule has 2 aromatic carbocycles. The summed E-state index contributed by atoms with van der Waals surface area (Å²) in [6, 6.07) is 13.1. The van der Waals surface area contributed by atoms with Crippen LogP contribution in [0.3, 0.4) is 0 Å². The van der Waals surface area contributed by atoms with Crippen molar-refractivity contribution in [2.45, 2.75) is 13.3 Å². The van der Waals surface area contributed by atoms with E-state index in [1.807, 2.05) is 33.2 Å². The lowest BCUT2D eigenvalue weighted by Gasteiger charge is -2.12. The molecule has 3 N–H and O–H groups in total. The van der Waals surface area contributed by atoms with Gasteiger partial charge in [-0.25, -0.2) is 4.39 Å². The van der Waals surface area contributed by atoms with Gasteiger partial charge < -0.3 is 15.5 Å². The molecule has 0 spiro atoms. The molecular formula is C22H27FN3O2+. The maximum absolute atomic E-state index is 14.0. The Morgan fingerprint density at radius 2 is 1.75 bits per heavy atom. The molecule has 5 nitrogen and oxygen atoms in total. The molecule has 0 saturated carbocycles. The summed E-state index contributed by atoms with van der Waals surface area (Å²) in [5, 5.41) is 5.40. The lowest BCUT2D eigenvalue weighted by Crippen LogP contribution is -3.05. The van der Waals surface area contributed by atoms with Crippen LogP contribution in [-0.4, -0.2) is 39.0 Å². The fourth-order valence-electron chi connectivity index (χ4n) is 2.54. The molecule has 2 aromatic rings. The lowest BCUT2D eigenvalue weighted by molar-refractivity contribution is -0.858. The molecule has 0 atom stereocenters. The second-order valence-corrected chi connectivity index (χ2v) is 6.97. The summed E-state index contributed by atoms with van der Waals surface area (Å²) >= 11 is 0. The van der Waals surface area contributed by atoms with Crippen molar-refractivity contribution in [3.05, 3.63) is 76.7 Å². The topological polar surface area (TPSA) is 62.6 Å². The van der Waals surface area contributed by atoms with Gasteiger partial charge in [0.2, 0.25) is 0 Å². The molecule has 0 aromatic heterocycles. The van der Waals surface area contributed by atoms with E-state index in [0.717, 1.165) is 18.5 Å². The van der Waals surface area contributed by atoms with Gasteiger partial charge in [-0.2, -0.15) is 0 Å². The van der Waals surface area contributed by atoms with Crippen LogP contribution >= 0.6 is 0 Å². The number of hydrogen-bond donors (Lipinski definition) is 3. The van der Waals surface area contributed by atoms with Gasteiger partial charge in [0.15, 0.2) is 0 Å². The lowest BCUT2D eigenvalue weighted by atomic mass is 10.1. The zero-order valence-corrected chi connectivity index (χ0v) is 16.5. The van der Waals surface area contributed by atoms with Crippen molar-refractivity contribution in [2.24, 2.45) is 0 Å². The van der Waals surface area contributed by atoms with Crippen LogP contribution in [0.15, 0.2) is 54.2 Å². The van der Waals surface area contributed by atoms with Crippen molar-refractivity contribution in [3.8, 4) is 0 Å². The van der Waals surface area contributed by atoms with Crippen LogP contribution in [0.5, 0.6) is 0 Å². The third kappa shape index (κ3) is 6.63. The normalized spacial score (nSPS) is 11.4. The van der Waals surface area contributed by atoms with Crippen molar-refractivity contribution in [3.63, 3.8) is 0 Å². The number of nitrogens with one attached hydrogen (secondary N) is 3. The highest BCUT2D eigenvalue weighted by molar-refractivity contribution is 6.05. The van der Waals surface area contributed by atoms with Crippen LogP contribution < -0.4 is 15.5 Å². The second-order valence-electron chi connectivity index (χ2n) is 6.97. The monoisotopic (exact) mass is 384 g/mol. The first kappa shape index (κ1) is 21.3. The van der Waals surface area contributed by atoms with E-state index in [4.69, 9.17) is 0 Å². The molecule has 0 radical (unpaired) electrons. The smallest absolute Gasteiger partial charge is 0.267 e. The van der Waals surface area contributed by atoms with Gasteiger partial charge in [0.1, 0.15) is 11.5 Å². The molecule has 0 aliphatic rings. The van der Waals surface area contributed by atoms with E-state index in [9.17, 15) is 14.0 Å². The zero-order chi connectivity index (χ0) is 20.5. The quantitative estimate of drug-likeness (QED) is 0.478. The second kappa shape index (κ2) is 10.4. The average Bonchev–Trinajstić information content (AvgIpc) is 2.66. The Bertz CT molecular complexity index is 845. The minimum Gasteiger partial charge on any atom is -0.351 e. The highest BCUT2D eigenvalue weighted by atomic mass is 19.1. The molecule has 0 unspecified atom stereocenters. The molecule has 148 valence electrons. The maximum atomic E-state index is 14.0. The third-order valence-electron chi connectivity index (χ3n) is 4.15. The number of benzene rings is 2. The fourth-order valence-corrected chi connectivity index (χ4v) is 2.54. The summed E-state index contributed by atoms with van der Waals surface area (Å²) in [7, 11) is 4.07. The Morgan fingerprint density at radius 1 is 1.07 bits per heavy atom. The highest BCUT2D eigenvalue weighted by Crippen LogP contribution is 2.11. The highest BCUT2D eigenvalue weighted by Gasteiger charge is 2.15. The third-order valence-corrected chi connectivity index (χ3v) is 4.15. The summed E-state index contributed by atoms with van der Waals surface area (Å²) in [4.78, 5) is 26.4. The summed E-state index contributed by atoms with van der Waals surface area (Å²) < 4.78 is 14.0. The molecule has 0 bridgehead atoms. The summed E-state index contributed by atoms with van der Waals surface area (Å²) in [6.07, 6.45) is 2.15. The van der Waals surface area contributed by atoms with E-state index < -0.39 is 17.6 Å². The molecule has 0 fully saturated rings. The standard InChI is InChI=1S/C22H26FN3O2/c1-16-9-11-17(12-10-16)21(27)25-20(15-18-7-4-5-8-19(18)23)22(28)24-13-6-14-26(2)3/h4-5,7-12,15H,6,13-14H2,1-3H3,(H,24,28)(H,25,27)/p+1. The molecule has 0 aliphatic carbocycles. The van der Waals surface area contributed by atoms with E-state index >= 15 is 0 Å². The Labute approximate surface area is 165 Å². The van der Waals surface area contributed by atoms with E-state index in [0.29, 0.717) is 12.1 Å². The first-order chi connectivity index (χ1) is 13.4. The van der Waals surface area contributed by atoms with Crippen molar-refractivity contribution < 1.29 is 18.9 Å². The minimum absolute atomic E-state index is 0.00729. The number of carbonyl (C=O) groups excluding carboxylic acids is 2. The molecule has 2 rings (SSSR count). The molecule has 28 heavy (non-hydrogen) atoms. The number of hydrogen-bond acceptors (Lipinski definition) is 2. The number of aryl methyl sites for hydroxylation is 1. The predicted octanol–water partition coefficient (Wildman–Crippen LogP) is 1.56. The van der Waals surface area contributed by atoms with Crippen molar-refractivity contribution in [1.29, 1.82) is 0 Å². The molecule has 2 amide bonds. The van der Waals surface area contributed by atoms with Crippen LogP contribution in [-0.2, 0) is 4.79 Å².